The van der Waals surface area contributed by atoms with Crippen molar-refractivity contribution in [1.82, 2.24) is 4.90 Å². The Hall–Kier alpha value is -2.42. The highest BCUT2D eigenvalue weighted by Crippen LogP contribution is 2.41. The summed E-state index contributed by atoms with van der Waals surface area (Å²) in [5.74, 6) is 1.38. The maximum Gasteiger partial charge on any atom is 0.410 e. The van der Waals surface area contributed by atoms with E-state index in [2.05, 4.69) is 6.07 Å². The summed E-state index contributed by atoms with van der Waals surface area (Å²) in [4.78, 5) is 13.9. The van der Waals surface area contributed by atoms with E-state index in [4.69, 9.17) is 14.2 Å². The number of hydrogen-bond donors (Lipinski definition) is 0. The second-order valence-corrected chi connectivity index (χ2v) is 7.23. The van der Waals surface area contributed by atoms with E-state index in [0.29, 0.717) is 37.4 Å². The van der Waals surface area contributed by atoms with Gasteiger partial charge in [-0.25, -0.2) is 4.79 Å². The number of nitrogens with zero attached hydrogens (tertiary/aromatic N) is 2. The molecule has 1 saturated heterocycles. The quantitative estimate of drug-likeness (QED) is 0.790. The van der Waals surface area contributed by atoms with Gasteiger partial charge in [-0.05, 0) is 51.3 Å². The monoisotopic (exact) mass is 330 g/mol. The van der Waals surface area contributed by atoms with Gasteiger partial charge in [0.1, 0.15) is 5.60 Å². The van der Waals surface area contributed by atoms with Gasteiger partial charge in [-0.15, -0.1) is 0 Å². The zero-order valence-corrected chi connectivity index (χ0v) is 14.3. The average molecular weight is 330 g/mol. The summed E-state index contributed by atoms with van der Waals surface area (Å²) in [6, 6.07) is 8.10. The van der Waals surface area contributed by atoms with Crippen LogP contribution in [-0.2, 0) is 10.2 Å². The molecule has 0 N–H and O–H groups in total. The van der Waals surface area contributed by atoms with Crippen molar-refractivity contribution in [3.63, 3.8) is 0 Å². The largest absolute Gasteiger partial charge is 0.454 e. The third-order valence-electron chi connectivity index (χ3n) is 4.41. The standard InChI is InChI=1S/C18H22N2O4/c1-17(2,3)24-16(21)20-8-6-18(11-19,7-9-20)13-4-5-14-15(10-13)23-12-22-14/h4-5,10H,6-9,12H2,1-3H3. The van der Waals surface area contributed by atoms with Gasteiger partial charge in [-0.1, -0.05) is 6.07 Å². The van der Waals surface area contributed by atoms with Gasteiger partial charge in [0.15, 0.2) is 11.5 Å². The van der Waals surface area contributed by atoms with E-state index < -0.39 is 11.0 Å². The molecule has 1 fully saturated rings. The number of benzene rings is 1. The van der Waals surface area contributed by atoms with Crippen molar-refractivity contribution in [1.29, 1.82) is 5.26 Å². The highest BCUT2D eigenvalue weighted by atomic mass is 16.7. The van der Waals surface area contributed by atoms with Gasteiger partial charge in [0.05, 0.1) is 11.5 Å². The fourth-order valence-electron chi connectivity index (χ4n) is 3.06. The van der Waals surface area contributed by atoms with Crippen LogP contribution in [0.3, 0.4) is 0 Å². The molecule has 0 aromatic heterocycles. The third kappa shape index (κ3) is 3.12. The maximum atomic E-state index is 12.2. The highest BCUT2D eigenvalue weighted by molar-refractivity contribution is 5.68. The van der Waals surface area contributed by atoms with Crippen LogP contribution in [0.25, 0.3) is 0 Å². The van der Waals surface area contributed by atoms with Crippen molar-refractivity contribution in [3.05, 3.63) is 23.8 Å². The summed E-state index contributed by atoms with van der Waals surface area (Å²) < 4.78 is 16.2. The van der Waals surface area contributed by atoms with E-state index in [1.54, 1.807) is 4.90 Å². The normalized spacial score (nSPS) is 18.8. The molecule has 1 aromatic rings. The molecule has 0 bridgehead atoms. The summed E-state index contributed by atoms with van der Waals surface area (Å²) in [7, 11) is 0. The Balaban J connectivity index is 1.73. The lowest BCUT2D eigenvalue weighted by Gasteiger charge is -2.38. The third-order valence-corrected chi connectivity index (χ3v) is 4.41. The average Bonchev–Trinajstić information content (AvgIpc) is 3.01. The lowest BCUT2D eigenvalue weighted by Crippen LogP contribution is -2.46. The number of carbonyl (C=O) groups is 1. The van der Waals surface area contributed by atoms with Crippen molar-refractivity contribution >= 4 is 6.09 Å². The molecule has 2 aliphatic rings. The maximum absolute atomic E-state index is 12.2. The number of carbonyl (C=O) groups excluding carboxylic acids is 1. The first-order valence-corrected chi connectivity index (χ1v) is 8.12. The van der Waals surface area contributed by atoms with Crippen LogP contribution in [0.2, 0.25) is 0 Å². The first-order valence-electron chi connectivity index (χ1n) is 8.12. The molecular formula is C18H22N2O4. The van der Waals surface area contributed by atoms with E-state index in [0.717, 1.165) is 5.56 Å². The van der Waals surface area contributed by atoms with E-state index in [-0.39, 0.29) is 12.9 Å². The molecule has 6 nitrogen and oxygen atoms in total. The number of fused-ring (bicyclic) bond motifs is 1. The fraction of sp³-hybridized carbons (Fsp3) is 0.556. The highest BCUT2D eigenvalue weighted by Gasteiger charge is 2.39. The van der Waals surface area contributed by atoms with Crippen LogP contribution in [0, 0.1) is 11.3 Å². The molecule has 0 aliphatic carbocycles. The van der Waals surface area contributed by atoms with Gasteiger partial charge < -0.3 is 19.1 Å². The van der Waals surface area contributed by atoms with Crippen molar-refractivity contribution in [2.45, 2.75) is 44.6 Å². The molecule has 2 aliphatic heterocycles. The van der Waals surface area contributed by atoms with Gasteiger partial charge >= 0.3 is 6.09 Å². The van der Waals surface area contributed by atoms with Crippen LogP contribution in [0.1, 0.15) is 39.2 Å². The molecule has 0 atom stereocenters. The molecule has 1 amide bonds. The summed E-state index contributed by atoms with van der Waals surface area (Å²) in [6.45, 7) is 6.75. The Bertz CT molecular complexity index is 679. The van der Waals surface area contributed by atoms with Crippen LogP contribution < -0.4 is 9.47 Å². The molecule has 0 radical (unpaired) electrons. The Morgan fingerprint density at radius 3 is 2.54 bits per heavy atom. The Labute approximate surface area is 141 Å². The Morgan fingerprint density at radius 2 is 1.92 bits per heavy atom. The molecule has 6 heteroatoms. The molecule has 128 valence electrons. The number of likely N-dealkylation sites (tertiary alicyclic amines) is 1. The summed E-state index contributed by atoms with van der Waals surface area (Å²) in [5.41, 5.74) is -0.212. The topological polar surface area (TPSA) is 71.8 Å². The fourth-order valence-corrected chi connectivity index (χ4v) is 3.06. The van der Waals surface area contributed by atoms with Crippen LogP contribution in [0.15, 0.2) is 18.2 Å². The summed E-state index contributed by atoms with van der Waals surface area (Å²) >= 11 is 0. The molecule has 3 rings (SSSR count). The number of hydrogen-bond acceptors (Lipinski definition) is 5. The molecule has 0 spiro atoms. The van der Waals surface area contributed by atoms with Crippen LogP contribution in [0.4, 0.5) is 4.79 Å². The SMILES string of the molecule is CC(C)(C)OC(=O)N1CCC(C#N)(c2ccc3c(c2)OCO3)CC1. The van der Waals surface area contributed by atoms with Gasteiger partial charge in [-0.3, -0.25) is 0 Å². The Morgan fingerprint density at radius 1 is 1.25 bits per heavy atom. The second-order valence-electron chi connectivity index (χ2n) is 7.23. The summed E-state index contributed by atoms with van der Waals surface area (Å²) in [6.07, 6.45) is 0.824. The number of piperidine rings is 1. The molecule has 2 heterocycles. The first kappa shape index (κ1) is 16.4. The smallest absolute Gasteiger partial charge is 0.410 e. The predicted molar refractivity (Wildman–Crippen MR) is 86.9 cm³/mol. The molecule has 0 unspecified atom stereocenters. The van der Waals surface area contributed by atoms with E-state index in [1.165, 1.54) is 0 Å². The number of ether oxygens (including phenoxy) is 3. The van der Waals surface area contributed by atoms with Crippen molar-refractivity contribution < 1.29 is 19.0 Å². The minimum absolute atomic E-state index is 0.213. The lowest BCUT2D eigenvalue weighted by atomic mass is 9.74. The first-order chi connectivity index (χ1) is 11.3. The van der Waals surface area contributed by atoms with Crippen molar-refractivity contribution in [2.75, 3.05) is 19.9 Å². The van der Waals surface area contributed by atoms with E-state index >= 15 is 0 Å². The summed E-state index contributed by atoms with van der Waals surface area (Å²) in [5, 5.41) is 9.80. The van der Waals surface area contributed by atoms with Crippen LogP contribution in [0.5, 0.6) is 11.5 Å². The Kier molecular flexibility index (Phi) is 4.04. The predicted octanol–water partition coefficient (Wildman–Crippen LogP) is 3.21. The van der Waals surface area contributed by atoms with Crippen LogP contribution in [-0.4, -0.2) is 36.5 Å². The minimum Gasteiger partial charge on any atom is -0.454 e. The number of amides is 1. The van der Waals surface area contributed by atoms with Crippen LogP contribution >= 0.6 is 0 Å². The zero-order valence-electron chi connectivity index (χ0n) is 14.3. The van der Waals surface area contributed by atoms with Crippen molar-refractivity contribution in [3.8, 4) is 17.6 Å². The molecule has 0 saturated carbocycles. The van der Waals surface area contributed by atoms with Gasteiger partial charge in [0.2, 0.25) is 6.79 Å². The zero-order chi connectivity index (χ0) is 17.4. The van der Waals surface area contributed by atoms with E-state index in [9.17, 15) is 10.1 Å². The molecular weight excluding hydrogens is 308 g/mol. The minimum atomic E-state index is -0.612. The van der Waals surface area contributed by atoms with E-state index in [1.807, 2.05) is 39.0 Å². The number of rotatable bonds is 1. The lowest BCUT2D eigenvalue weighted by molar-refractivity contribution is 0.0185. The van der Waals surface area contributed by atoms with Gasteiger partial charge in [0, 0.05) is 13.1 Å². The number of nitriles is 1. The van der Waals surface area contributed by atoms with Gasteiger partial charge in [-0.2, -0.15) is 5.26 Å². The second kappa shape index (κ2) is 5.90. The molecule has 24 heavy (non-hydrogen) atoms. The van der Waals surface area contributed by atoms with Crippen molar-refractivity contribution in [2.24, 2.45) is 0 Å². The molecule has 1 aromatic carbocycles. The van der Waals surface area contributed by atoms with Gasteiger partial charge in [0.25, 0.3) is 0 Å².